The molecule has 9 nitrogen and oxygen atoms in total. The molecule has 1 aliphatic heterocycles. The molecule has 0 saturated heterocycles. The van der Waals surface area contributed by atoms with E-state index in [4.69, 9.17) is 19.7 Å². The van der Waals surface area contributed by atoms with Crippen LogP contribution in [0.3, 0.4) is 0 Å². The van der Waals surface area contributed by atoms with Gasteiger partial charge >= 0.3 is 17.9 Å². The maximum Gasteiger partial charge on any atom is 0.335 e. The van der Waals surface area contributed by atoms with Crippen LogP contribution >= 0.6 is 0 Å². The van der Waals surface area contributed by atoms with E-state index in [2.05, 4.69) is 0 Å². The van der Waals surface area contributed by atoms with E-state index in [0.717, 1.165) is 33.6 Å². The molecule has 0 bridgehead atoms. The molecule has 1 aliphatic rings. The molecule has 7 rings (SSSR count). The molecule has 0 spiro atoms. The lowest BCUT2D eigenvalue weighted by Gasteiger charge is -2.42. The van der Waals surface area contributed by atoms with Gasteiger partial charge in [0.15, 0.2) is 17.4 Å². The number of rotatable bonds is 7. The molecule has 2 N–H and O–H groups in total. The maximum atomic E-state index is 12.0. The highest BCUT2D eigenvalue weighted by atomic mass is 16.5. The Balaban J connectivity index is 1.41. The second kappa shape index (κ2) is 11.5. The summed E-state index contributed by atoms with van der Waals surface area (Å²) in [5.74, 6) is -0.781. The summed E-state index contributed by atoms with van der Waals surface area (Å²) in [4.78, 5) is 40.1. The minimum Gasteiger partial charge on any atom is -0.478 e. The Hall–Kier alpha value is -6.35. The SMILES string of the molecule is CC1(C)c2cc(C(=O)O)ccc2N(c2ccccc2Oc2nc(-c3ccccc3)nc(-c3ccccc3)n2)c2ccc(C(=O)O)cc21. The number of aromatic nitrogens is 3. The Kier molecular flexibility index (Phi) is 7.21. The number of ether oxygens (including phenoxy) is 1. The van der Waals surface area contributed by atoms with Crippen molar-refractivity contribution in [1.82, 2.24) is 15.0 Å². The molecular formula is C38H28N4O5. The van der Waals surface area contributed by atoms with Crippen LogP contribution in [0.1, 0.15) is 45.7 Å². The molecule has 0 unspecified atom stereocenters. The number of carboxylic acids is 2. The quantitative estimate of drug-likeness (QED) is 0.181. The molecule has 5 aromatic carbocycles. The average Bonchev–Trinajstić information content (AvgIpc) is 3.09. The first-order valence-corrected chi connectivity index (χ1v) is 14.9. The number of fused-ring (bicyclic) bond motifs is 2. The Bertz CT molecular complexity index is 2040. The topological polar surface area (TPSA) is 126 Å². The molecule has 1 aromatic heterocycles. The van der Waals surface area contributed by atoms with Crippen molar-refractivity contribution in [2.24, 2.45) is 0 Å². The molecule has 0 atom stereocenters. The van der Waals surface area contributed by atoms with Gasteiger partial charge in [-0.15, -0.1) is 0 Å². The predicted octanol–water partition coefficient (Wildman–Crippen LogP) is 8.50. The predicted molar refractivity (Wildman–Crippen MR) is 178 cm³/mol. The summed E-state index contributed by atoms with van der Waals surface area (Å²) >= 11 is 0. The zero-order chi connectivity index (χ0) is 32.7. The van der Waals surface area contributed by atoms with Gasteiger partial charge in [0.2, 0.25) is 0 Å². The van der Waals surface area contributed by atoms with Crippen molar-refractivity contribution in [3.63, 3.8) is 0 Å². The first-order chi connectivity index (χ1) is 22.7. The van der Waals surface area contributed by atoms with Crippen molar-refractivity contribution in [2.75, 3.05) is 4.90 Å². The number of hydrogen-bond donors (Lipinski definition) is 2. The molecule has 9 heteroatoms. The van der Waals surface area contributed by atoms with Gasteiger partial charge in [0, 0.05) is 16.5 Å². The van der Waals surface area contributed by atoms with Gasteiger partial charge in [0.1, 0.15) is 0 Å². The van der Waals surface area contributed by atoms with E-state index >= 15 is 0 Å². The fourth-order valence-corrected chi connectivity index (χ4v) is 5.93. The van der Waals surface area contributed by atoms with E-state index < -0.39 is 17.4 Å². The lowest BCUT2D eigenvalue weighted by atomic mass is 9.72. The Morgan fingerprint density at radius 3 is 1.55 bits per heavy atom. The van der Waals surface area contributed by atoms with Crippen LogP contribution in [0.15, 0.2) is 121 Å². The molecule has 0 amide bonds. The molecule has 6 aromatic rings. The van der Waals surface area contributed by atoms with Crippen LogP contribution in [0.5, 0.6) is 11.8 Å². The van der Waals surface area contributed by atoms with Crippen molar-refractivity contribution in [3.8, 4) is 34.5 Å². The van der Waals surface area contributed by atoms with Crippen LogP contribution < -0.4 is 9.64 Å². The third-order valence-corrected chi connectivity index (χ3v) is 8.30. The first-order valence-electron chi connectivity index (χ1n) is 14.9. The average molecular weight is 621 g/mol. The number of hydrogen-bond acceptors (Lipinski definition) is 7. The van der Waals surface area contributed by atoms with Gasteiger partial charge in [-0.05, 0) is 59.7 Å². The fourth-order valence-electron chi connectivity index (χ4n) is 5.93. The van der Waals surface area contributed by atoms with E-state index in [1.165, 1.54) is 0 Å². The van der Waals surface area contributed by atoms with Crippen molar-refractivity contribution in [3.05, 3.63) is 144 Å². The minimum absolute atomic E-state index is 0.0883. The highest BCUT2D eigenvalue weighted by Gasteiger charge is 2.39. The van der Waals surface area contributed by atoms with E-state index in [-0.39, 0.29) is 17.1 Å². The lowest BCUT2D eigenvalue weighted by molar-refractivity contribution is 0.0686. The van der Waals surface area contributed by atoms with Crippen molar-refractivity contribution >= 4 is 29.0 Å². The number of carbonyl (C=O) groups is 2. The molecule has 47 heavy (non-hydrogen) atoms. The van der Waals surface area contributed by atoms with E-state index in [0.29, 0.717) is 23.1 Å². The van der Waals surface area contributed by atoms with Gasteiger partial charge in [-0.25, -0.2) is 14.6 Å². The standard InChI is InChI=1S/C38H28N4O5/c1-38(2)27-21-25(35(43)44)17-19-29(27)42(30-20-18-26(36(45)46)22-28(30)38)31-15-9-10-16-32(31)47-37-40-33(23-11-5-3-6-12-23)39-34(41-37)24-13-7-4-8-14-24/h3-22H,1-2H3,(H,43,44)(H,45,46). The monoisotopic (exact) mass is 620 g/mol. The second-order valence-electron chi connectivity index (χ2n) is 11.6. The molecule has 0 aliphatic carbocycles. The highest BCUT2D eigenvalue weighted by Crippen LogP contribution is 2.54. The molecule has 0 saturated carbocycles. The van der Waals surface area contributed by atoms with Gasteiger partial charge in [0.05, 0.1) is 28.2 Å². The normalized spacial score (nSPS) is 12.9. The molecule has 0 fully saturated rings. The number of benzene rings is 5. The number of para-hydroxylation sites is 2. The van der Waals surface area contributed by atoms with E-state index in [1.807, 2.05) is 97.6 Å². The zero-order valence-corrected chi connectivity index (χ0v) is 25.5. The zero-order valence-electron chi connectivity index (χ0n) is 25.5. The maximum absolute atomic E-state index is 12.0. The summed E-state index contributed by atoms with van der Waals surface area (Å²) in [6, 6.07) is 36.6. The Labute approximate surface area is 270 Å². The summed E-state index contributed by atoms with van der Waals surface area (Å²) in [5, 5.41) is 19.7. The van der Waals surface area contributed by atoms with Gasteiger partial charge in [-0.3, -0.25) is 0 Å². The number of carboxylic acid groups (broad SMARTS) is 2. The van der Waals surface area contributed by atoms with Crippen molar-refractivity contribution in [2.45, 2.75) is 19.3 Å². The van der Waals surface area contributed by atoms with Gasteiger partial charge in [-0.2, -0.15) is 9.97 Å². The largest absolute Gasteiger partial charge is 0.478 e. The van der Waals surface area contributed by atoms with Crippen LogP contribution in [0.4, 0.5) is 17.1 Å². The summed E-state index contributed by atoms with van der Waals surface area (Å²) in [7, 11) is 0. The Morgan fingerprint density at radius 1 is 0.596 bits per heavy atom. The summed E-state index contributed by atoms with van der Waals surface area (Å²) in [5.41, 5.74) is 4.67. The van der Waals surface area contributed by atoms with Crippen LogP contribution in [0.2, 0.25) is 0 Å². The van der Waals surface area contributed by atoms with Crippen LogP contribution in [-0.4, -0.2) is 37.1 Å². The third-order valence-electron chi connectivity index (χ3n) is 8.30. The Morgan fingerprint density at radius 2 is 1.06 bits per heavy atom. The van der Waals surface area contributed by atoms with Crippen molar-refractivity contribution < 1.29 is 24.5 Å². The number of anilines is 3. The second-order valence-corrected chi connectivity index (χ2v) is 11.6. The summed E-state index contributed by atoms with van der Waals surface area (Å²) in [6.07, 6.45) is 0. The van der Waals surface area contributed by atoms with Crippen molar-refractivity contribution in [1.29, 1.82) is 0 Å². The van der Waals surface area contributed by atoms with Gasteiger partial charge in [-0.1, -0.05) is 86.6 Å². The van der Waals surface area contributed by atoms with Gasteiger partial charge in [0.25, 0.3) is 0 Å². The van der Waals surface area contributed by atoms with Crippen LogP contribution in [0.25, 0.3) is 22.8 Å². The fraction of sp³-hybridized carbons (Fsp3) is 0.0789. The number of aromatic carboxylic acids is 2. The highest BCUT2D eigenvalue weighted by molar-refractivity contribution is 5.95. The smallest absolute Gasteiger partial charge is 0.335 e. The van der Waals surface area contributed by atoms with Crippen LogP contribution in [-0.2, 0) is 5.41 Å². The van der Waals surface area contributed by atoms with Gasteiger partial charge < -0.3 is 19.8 Å². The molecule has 230 valence electrons. The first kappa shape index (κ1) is 29.4. The van der Waals surface area contributed by atoms with Crippen LogP contribution in [0, 0.1) is 0 Å². The van der Waals surface area contributed by atoms with E-state index in [1.54, 1.807) is 42.5 Å². The minimum atomic E-state index is -1.05. The summed E-state index contributed by atoms with van der Waals surface area (Å²) in [6.45, 7) is 3.92. The third kappa shape index (κ3) is 5.33. The molecule has 2 heterocycles. The summed E-state index contributed by atoms with van der Waals surface area (Å²) < 4.78 is 6.50. The molecular weight excluding hydrogens is 592 g/mol. The number of nitrogens with zero attached hydrogens (tertiary/aromatic N) is 4. The van der Waals surface area contributed by atoms with E-state index in [9.17, 15) is 19.8 Å². The lowest BCUT2D eigenvalue weighted by Crippen LogP contribution is -2.31. The molecule has 0 radical (unpaired) electrons.